The highest BCUT2D eigenvalue weighted by Crippen LogP contribution is 2.18. The summed E-state index contributed by atoms with van der Waals surface area (Å²) in [5.74, 6) is 1.79. The molecule has 1 aromatic rings. The third-order valence-electron chi connectivity index (χ3n) is 4.25. The highest BCUT2D eigenvalue weighted by molar-refractivity contribution is 7.99. The van der Waals surface area contributed by atoms with Gasteiger partial charge in [0.15, 0.2) is 5.96 Å². The number of aliphatic imine (C=N–C) groups is 1. The van der Waals surface area contributed by atoms with Crippen molar-refractivity contribution in [2.45, 2.75) is 37.6 Å². The first-order valence-corrected chi connectivity index (χ1v) is 10.1. The summed E-state index contributed by atoms with van der Waals surface area (Å²) in [5.41, 5.74) is 0. The number of carbonyl (C=O) groups is 1. The Balaban J connectivity index is 1.64. The highest BCUT2D eigenvalue weighted by atomic mass is 32.2. The third kappa shape index (κ3) is 6.52. The molecule has 1 saturated heterocycles. The largest absolute Gasteiger partial charge is 0.356 e. The fourth-order valence-corrected chi connectivity index (χ4v) is 3.68. The van der Waals surface area contributed by atoms with E-state index in [1.165, 1.54) is 12.1 Å². The molecule has 0 saturated carbocycles. The second-order valence-corrected chi connectivity index (χ2v) is 7.89. The zero-order chi connectivity index (χ0) is 18.9. The molecule has 0 radical (unpaired) electrons. The van der Waals surface area contributed by atoms with E-state index in [2.05, 4.69) is 15.6 Å². The number of guanidine groups is 1. The number of likely N-dealkylation sites (tertiary alicyclic amines) is 1. The van der Waals surface area contributed by atoms with Crippen LogP contribution < -0.4 is 10.6 Å². The molecule has 144 valence electrons. The van der Waals surface area contributed by atoms with Crippen molar-refractivity contribution in [1.29, 1.82) is 0 Å². The van der Waals surface area contributed by atoms with E-state index in [9.17, 15) is 9.18 Å². The SMILES string of the molecule is CN=C(NCCCSc1ccc(F)cc1)NC1CCN(C(=O)C(C)C)C1. The molecule has 2 rings (SSSR count). The molecule has 0 aliphatic carbocycles. The van der Waals surface area contributed by atoms with Crippen molar-refractivity contribution >= 4 is 23.6 Å². The predicted octanol–water partition coefficient (Wildman–Crippen LogP) is 2.73. The normalized spacial score (nSPS) is 17.7. The highest BCUT2D eigenvalue weighted by Gasteiger charge is 2.27. The van der Waals surface area contributed by atoms with Crippen molar-refractivity contribution in [3.8, 4) is 0 Å². The van der Waals surface area contributed by atoms with Gasteiger partial charge in [-0.15, -0.1) is 11.8 Å². The number of hydrogen-bond acceptors (Lipinski definition) is 3. The number of nitrogens with one attached hydrogen (secondary N) is 2. The monoisotopic (exact) mass is 380 g/mol. The van der Waals surface area contributed by atoms with Crippen LogP contribution in [0.25, 0.3) is 0 Å². The second kappa shape index (κ2) is 10.4. The second-order valence-electron chi connectivity index (χ2n) is 6.72. The van der Waals surface area contributed by atoms with Crippen LogP contribution in [0.1, 0.15) is 26.7 Å². The smallest absolute Gasteiger partial charge is 0.225 e. The molecule has 1 aromatic carbocycles. The van der Waals surface area contributed by atoms with Crippen LogP contribution in [0, 0.1) is 11.7 Å². The van der Waals surface area contributed by atoms with Crippen LogP contribution in [-0.4, -0.2) is 55.2 Å². The minimum Gasteiger partial charge on any atom is -0.356 e. The lowest BCUT2D eigenvalue weighted by Gasteiger charge is -2.20. The summed E-state index contributed by atoms with van der Waals surface area (Å²) < 4.78 is 12.9. The molecule has 1 fully saturated rings. The molecule has 1 aliphatic rings. The van der Waals surface area contributed by atoms with Crippen LogP contribution in [0.3, 0.4) is 0 Å². The average Bonchev–Trinajstić information content (AvgIpc) is 3.09. The summed E-state index contributed by atoms with van der Waals surface area (Å²) in [6.45, 7) is 6.23. The van der Waals surface area contributed by atoms with Crippen molar-refractivity contribution in [1.82, 2.24) is 15.5 Å². The van der Waals surface area contributed by atoms with Gasteiger partial charge in [0.1, 0.15) is 5.82 Å². The maximum atomic E-state index is 12.9. The number of amides is 1. The molecule has 7 heteroatoms. The maximum Gasteiger partial charge on any atom is 0.225 e. The predicted molar refractivity (Wildman–Crippen MR) is 106 cm³/mol. The molecule has 0 aromatic heterocycles. The van der Waals surface area contributed by atoms with Crippen LogP contribution in [0.5, 0.6) is 0 Å². The summed E-state index contributed by atoms with van der Waals surface area (Å²) in [7, 11) is 1.76. The zero-order valence-electron chi connectivity index (χ0n) is 15.8. The van der Waals surface area contributed by atoms with E-state index in [1.54, 1.807) is 30.9 Å². The first kappa shape index (κ1) is 20.6. The quantitative estimate of drug-likeness (QED) is 0.331. The minimum atomic E-state index is -0.202. The van der Waals surface area contributed by atoms with Crippen LogP contribution in [-0.2, 0) is 4.79 Å². The van der Waals surface area contributed by atoms with E-state index >= 15 is 0 Å². The van der Waals surface area contributed by atoms with Gasteiger partial charge in [-0.3, -0.25) is 9.79 Å². The Labute approximate surface area is 159 Å². The number of carbonyl (C=O) groups excluding carboxylic acids is 1. The first-order valence-electron chi connectivity index (χ1n) is 9.14. The van der Waals surface area contributed by atoms with Crippen molar-refractivity contribution < 1.29 is 9.18 Å². The summed E-state index contributed by atoms with van der Waals surface area (Å²) in [4.78, 5) is 19.3. The van der Waals surface area contributed by atoms with E-state index in [-0.39, 0.29) is 23.7 Å². The lowest BCUT2D eigenvalue weighted by atomic mass is 10.2. The van der Waals surface area contributed by atoms with E-state index in [1.807, 2.05) is 18.7 Å². The Morgan fingerprint density at radius 2 is 2.12 bits per heavy atom. The number of nitrogens with zero attached hydrogens (tertiary/aromatic N) is 2. The molecule has 1 amide bonds. The van der Waals surface area contributed by atoms with Gasteiger partial charge in [-0.1, -0.05) is 13.8 Å². The third-order valence-corrected chi connectivity index (χ3v) is 5.35. The number of halogens is 1. The molecular formula is C19H29FN4OS. The van der Waals surface area contributed by atoms with Crippen LogP contribution in [0.4, 0.5) is 4.39 Å². The lowest BCUT2D eigenvalue weighted by Crippen LogP contribution is -2.45. The Morgan fingerprint density at radius 3 is 2.77 bits per heavy atom. The van der Waals surface area contributed by atoms with Gasteiger partial charge >= 0.3 is 0 Å². The molecule has 2 N–H and O–H groups in total. The van der Waals surface area contributed by atoms with Gasteiger partial charge in [0, 0.05) is 43.5 Å². The van der Waals surface area contributed by atoms with Gasteiger partial charge in [0.05, 0.1) is 0 Å². The van der Waals surface area contributed by atoms with Crippen molar-refractivity contribution in [3.63, 3.8) is 0 Å². The molecule has 1 aliphatic heterocycles. The fourth-order valence-electron chi connectivity index (χ4n) is 2.83. The molecule has 1 heterocycles. The van der Waals surface area contributed by atoms with E-state index < -0.39 is 0 Å². The maximum absolute atomic E-state index is 12.9. The van der Waals surface area contributed by atoms with Gasteiger partial charge in [-0.2, -0.15) is 0 Å². The van der Waals surface area contributed by atoms with Crippen LogP contribution in [0.15, 0.2) is 34.2 Å². The molecule has 1 atom stereocenters. The van der Waals surface area contributed by atoms with Crippen molar-refractivity contribution in [3.05, 3.63) is 30.1 Å². The Morgan fingerprint density at radius 1 is 1.38 bits per heavy atom. The summed E-state index contributed by atoms with van der Waals surface area (Å²) in [6, 6.07) is 6.83. The zero-order valence-corrected chi connectivity index (χ0v) is 16.6. The Bertz CT molecular complexity index is 606. The number of rotatable bonds is 7. The molecule has 1 unspecified atom stereocenters. The Hall–Kier alpha value is -1.76. The number of thioether (sulfide) groups is 1. The molecule has 5 nitrogen and oxygen atoms in total. The summed E-state index contributed by atoms with van der Waals surface area (Å²) in [5, 5.41) is 6.72. The van der Waals surface area contributed by atoms with Crippen LogP contribution >= 0.6 is 11.8 Å². The molecule has 0 spiro atoms. The van der Waals surface area contributed by atoms with Crippen molar-refractivity contribution in [2.24, 2.45) is 10.9 Å². The average molecular weight is 381 g/mol. The van der Waals surface area contributed by atoms with Crippen molar-refractivity contribution in [2.75, 3.05) is 32.4 Å². The molecular weight excluding hydrogens is 351 g/mol. The van der Waals surface area contributed by atoms with Gasteiger partial charge in [0.25, 0.3) is 0 Å². The number of benzene rings is 1. The van der Waals surface area contributed by atoms with E-state index in [0.717, 1.165) is 49.1 Å². The molecule has 0 bridgehead atoms. The topological polar surface area (TPSA) is 56.7 Å². The summed E-state index contributed by atoms with van der Waals surface area (Å²) >= 11 is 1.72. The van der Waals surface area contributed by atoms with Gasteiger partial charge < -0.3 is 15.5 Å². The van der Waals surface area contributed by atoms with Crippen LogP contribution in [0.2, 0.25) is 0 Å². The molecule has 26 heavy (non-hydrogen) atoms. The van der Waals surface area contributed by atoms with Gasteiger partial charge in [-0.05, 0) is 42.9 Å². The minimum absolute atomic E-state index is 0.0461. The first-order chi connectivity index (χ1) is 12.5. The van der Waals surface area contributed by atoms with Gasteiger partial charge in [0.2, 0.25) is 5.91 Å². The van der Waals surface area contributed by atoms with E-state index in [4.69, 9.17) is 0 Å². The lowest BCUT2D eigenvalue weighted by molar-refractivity contribution is -0.133. The number of hydrogen-bond donors (Lipinski definition) is 2. The fraction of sp³-hybridized carbons (Fsp3) is 0.579. The standard InChI is InChI=1S/C19H29FN4OS/c1-14(2)18(25)24-11-9-16(13-24)23-19(21-3)22-10-4-12-26-17-7-5-15(20)6-8-17/h5-8,14,16H,4,9-13H2,1-3H3,(H2,21,22,23). The Kier molecular flexibility index (Phi) is 8.22. The summed E-state index contributed by atoms with van der Waals surface area (Å²) in [6.07, 6.45) is 1.92. The van der Waals surface area contributed by atoms with Gasteiger partial charge in [-0.25, -0.2) is 4.39 Å². The van der Waals surface area contributed by atoms with E-state index in [0.29, 0.717) is 0 Å².